The molecule has 28 heavy (non-hydrogen) atoms. The van der Waals surface area contributed by atoms with E-state index in [2.05, 4.69) is 5.32 Å². The van der Waals surface area contributed by atoms with Crippen molar-refractivity contribution in [1.82, 2.24) is 10.2 Å². The maximum absolute atomic E-state index is 13.7. The number of rotatable bonds is 6. The molecule has 146 valence electrons. The average Bonchev–Trinajstić information content (AvgIpc) is 2.68. The molecule has 1 aliphatic rings. The Hall–Kier alpha value is -3.15. The first-order chi connectivity index (χ1) is 13.5. The Morgan fingerprint density at radius 2 is 2.00 bits per heavy atom. The minimum atomic E-state index is -0.422. The fourth-order valence-corrected chi connectivity index (χ4v) is 3.37. The third kappa shape index (κ3) is 4.39. The first kappa shape index (κ1) is 19.6. The second-order valence-corrected chi connectivity index (χ2v) is 6.66. The molecule has 0 bridgehead atoms. The standard InChI is InChI=1S/C22H23FN2O3/c1-15(26)25-12-10-17-5-3-4-6-18(17)20(25)14-22(27)24-11-9-16-7-8-21(28-2)19(23)13-16/h3-8,10,12-13,20H,9,11,14H2,1-2H3,(H,24,27). The van der Waals surface area contributed by atoms with Gasteiger partial charge in [-0.3, -0.25) is 9.59 Å². The summed E-state index contributed by atoms with van der Waals surface area (Å²) >= 11 is 0. The fourth-order valence-electron chi connectivity index (χ4n) is 3.37. The Balaban J connectivity index is 1.61. The minimum absolute atomic E-state index is 0.114. The van der Waals surface area contributed by atoms with Gasteiger partial charge >= 0.3 is 0 Å². The minimum Gasteiger partial charge on any atom is -0.494 e. The van der Waals surface area contributed by atoms with E-state index in [0.717, 1.165) is 16.7 Å². The summed E-state index contributed by atoms with van der Waals surface area (Å²) in [5, 5.41) is 2.86. The Bertz CT molecular complexity index is 910. The van der Waals surface area contributed by atoms with E-state index in [1.165, 1.54) is 20.1 Å². The number of benzene rings is 2. The second kappa shape index (κ2) is 8.69. The smallest absolute Gasteiger partial charge is 0.223 e. The van der Waals surface area contributed by atoms with E-state index in [9.17, 15) is 14.0 Å². The van der Waals surface area contributed by atoms with Gasteiger partial charge in [0.1, 0.15) is 0 Å². The lowest BCUT2D eigenvalue weighted by molar-refractivity contribution is -0.129. The number of halogens is 1. The molecule has 0 saturated carbocycles. The van der Waals surface area contributed by atoms with Gasteiger partial charge in [0.2, 0.25) is 11.8 Å². The quantitative estimate of drug-likeness (QED) is 0.832. The van der Waals surface area contributed by atoms with Crippen LogP contribution in [0.3, 0.4) is 0 Å². The Labute approximate surface area is 163 Å². The van der Waals surface area contributed by atoms with Crippen molar-refractivity contribution < 1.29 is 18.7 Å². The lowest BCUT2D eigenvalue weighted by Crippen LogP contribution is -2.35. The first-order valence-electron chi connectivity index (χ1n) is 9.14. The van der Waals surface area contributed by atoms with Crippen molar-refractivity contribution in [2.24, 2.45) is 0 Å². The molecule has 1 unspecified atom stereocenters. The van der Waals surface area contributed by atoms with Crippen LogP contribution in [0.2, 0.25) is 0 Å². The molecule has 0 aromatic heterocycles. The summed E-state index contributed by atoms with van der Waals surface area (Å²) in [6.07, 6.45) is 4.27. The van der Waals surface area contributed by atoms with Crippen LogP contribution in [-0.4, -0.2) is 30.4 Å². The third-order valence-corrected chi connectivity index (χ3v) is 4.80. The molecule has 6 heteroatoms. The Kier molecular flexibility index (Phi) is 6.09. The number of hydrogen-bond donors (Lipinski definition) is 1. The zero-order chi connectivity index (χ0) is 20.1. The number of amides is 2. The van der Waals surface area contributed by atoms with Crippen LogP contribution in [0, 0.1) is 5.82 Å². The van der Waals surface area contributed by atoms with Gasteiger partial charge in [-0.25, -0.2) is 4.39 Å². The maximum atomic E-state index is 13.7. The molecule has 0 radical (unpaired) electrons. The van der Waals surface area contributed by atoms with Crippen molar-refractivity contribution in [2.45, 2.75) is 25.8 Å². The molecule has 1 atom stereocenters. The summed E-state index contributed by atoms with van der Waals surface area (Å²) in [6, 6.07) is 12.1. The molecule has 3 rings (SSSR count). The molecule has 0 fully saturated rings. The predicted molar refractivity (Wildman–Crippen MR) is 105 cm³/mol. The maximum Gasteiger partial charge on any atom is 0.223 e. The Morgan fingerprint density at radius 3 is 2.71 bits per heavy atom. The van der Waals surface area contributed by atoms with Gasteiger partial charge in [-0.2, -0.15) is 0 Å². The topological polar surface area (TPSA) is 58.6 Å². The van der Waals surface area contributed by atoms with Gasteiger partial charge in [-0.05, 0) is 41.3 Å². The van der Waals surface area contributed by atoms with Gasteiger partial charge in [0.25, 0.3) is 0 Å². The van der Waals surface area contributed by atoms with E-state index in [-0.39, 0.29) is 30.0 Å². The highest BCUT2D eigenvalue weighted by Crippen LogP contribution is 2.32. The van der Waals surface area contributed by atoms with E-state index in [1.807, 2.05) is 30.3 Å². The van der Waals surface area contributed by atoms with Gasteiger partial charge in [0.05, 0.1) is 19.6 Å². The van der Waals surface area contributed by atoms with Gasteiger partial charge in [0.15, 0.2) is 11.6 Å². The van der Waals surface area contributed by atoms with Gasteiger partial charge in [-0.1, -0.05) is 30.3 Å². The number of ether oxygens (including phenoxy) is 1. The molecule has 2 amide bonds. The average molecular weight is 382 g/mol. The van der Waals surface area contributed by atoms with Crippen LogP contribution in [-0.2, 0) is 16.0 Å². The fraction of sp³-hybridized carbons (Fsp3) is 0.273. The summed E-state index contributed by atoms with van der Waals surface area (Å²) in [4.78, 5) is 26.0. The number of carbonyl (C=O) groups is 2. The molecule has 1 heterocycles. The van der Waals surface area contributed by atoms with Crippen LogP contribution in [0.4, 0.5) is 4.39 Å². The number of nitrogens with one attached hydrogen (secondary N) is 1. The van der Waals surface area contributed by atoms with E-state index in [4.69, 9.17) is 4.74 Å². The van der Waals surface area contributed by atoms with Crippen LogP contribution >= 0.6 is 0 Å². The highest BCUT2D eigenvalue weighted by atomic mass is 19.1. The van der Waals surface area contributed by atoms with Gasteiger partial charge in [-0.15, -0.1) is 0 Å². The van der Waals surface area contributed by atoms with Crippen molar-refractivity contribution >= 4 is 17.9 Å². The van der Waals surface area contributed by atoms with Gasteiger partial charge in [0, 0.05) is 19.7 Å². The predicted octanol–water partition coefficient (Wildman–Crippen LogP) is 3.46. The molecular weight excluding hydrogens is 359 g/mol. The molecule has 1 N–H and O–H groups in total. The number of hydrogen-bond acceptors (Lipinski definition) is 3. The largest absolute Gasteiger partial charge is 0.494 e. The molecule has 2 aromatic carbocycles. The molecule has 0 saturated heterocycles. The summed E-state index contributed by atoms with van der Waals surface area (Å²) in [6.45, 7) is 1.87. The van der Waals surface area contributed by atoms with Gasteiger partial charge < -0.3 is 15.0 Å². The van der Waals surface area contributed by atoms with E-state index < -0.39 is 5.82 Å². The van der Waals surface area contributed by atoms with E-state index in [0.29, 0.717) is 13.0 Å². The normalized spacial score (nSPS) is 15.1. The summed E-state index contributed by atoms with van der Waals surface area (Å²) < 4.78 is 18.7. The lowest BCUT2D eigenvalue weighted by atomic mass is 9.93. The summed E-state index contributed by atoms with van der Waals surface area (Å²) in [5.41, 5.74) is 2.73. The number of methoxy groups -OCH3 is 1. The summed E-state index contributed by atoms with van der Waals surface area (Å²) in [5.74, 6) is -0.497. The molecule has 1 aliphatic heterocycles. The van der Waals surface area contributed by atoms with Crippen molar-refractivity contribution in [3.05, 3.63) is 71.2 Å². The van der Waals surface area contributed by atoms with Crippen LogP contribution < -0.4 is 10.1 Å². The van der Waals surface area contributed by atoms with Crippen LogP contribution in [0.5, 0.6) is 5.75 Å². The molecule has 0 aliphatic carbocycles. The first-order valence-corrected chi connectivity index (χ1v) is 9.14. The number of fused-ring (bicyclic) bond motifs is 1. The van der Waals surface area contributed by atoms with Crippen molar-refractivity contribution in [1.29, 1.82) is 0 Å². The lowest BCUT2D eigenvalue weighted by Gasteiger charge is -2.32. The van der Waals surface area contributed by atoms with E-state index >= 15 is 0 Å². The van der Waals surface area contributed by atoms with Crippen LogP contribution in [0.25, 0.3) is 6.08 Å². The van der Waals surface area contributed by atoms with Crippen molar-refractivity contribution in [2.75, 3.05) is 13.7 Å². The van der Waals surface area contributed by atoms with Crippen LogP contribution in [0.1, 0.15) is 36.1 Å². The van der Waals surface area contributed by atoms with E-state index in [1.54, 1.807) is 23.2 Å². The molecule has 0 spiro atoms. The zero-order valence-corrected chi connectivity index (χ0v) is 15.9. The SMILES string of the molecule is COc1ccc(CCNC(=O)CC2c3ccccc3C=CN2C(C)=O)cc1F. The third-order valence-electron chi connectivity index (χ3n) is 4.80. The Morgan fingerprint density at radius 1 is 1.21 bits per heavy atom. The monoisotopic (exact) mass is 382 g/mol. The zero-order valence-electron chi connectivity index (χ0n) is 15.9. The summed E-state index contributed by atoms with van der Waals surface area (Å²) in [7, 11) is 1.42. The molecule has 2 aromatic rings. The number of nitrogens with zero attached hydrogens (tertiary/aromatic N) is 1. The number of carbonyl (C=O) groups excluding carboxylic acids is 2. The molecule has 5 nitrogen and oxygen atoms in total. The molecular formula is C22H23FN2O3. The van der Waals surface area contributed by atoms with Crippen molar-refractivity contribution in [3.63, 3.8) is 0 Å². The van der Waals surface area contributed by atoms with Crippen LogP contribution in [0.15, 0.2) is 48.7 Å². The highest BCUT2D eigenvalue weighted by Gasteiger charge is 2.27. The van der Waals surface area contributed by atoms with Crippen molar-refractivity contribution in [3.8, 4) is 5.75 Å². The highest BCUT2D eigenvalue weighted by molar-refractivity contribution is 5.81. The second-order valence-electron chi connectivity index (χ2n) is 6.66.